The molecule has 13 heavy (non-hydrogen) atoms. The van der Waals surface area contributed by atoms with Gasteiger partial charge < -0.3 is 10.0 Å². The van der Waals surface area contributed by atoms with Crippen LogP contribution in [-0.2, 0) is 0 Å². The molecule has 0 aliphatic heterocycles. The zero-order chi connectivity index (χ0) is 9.42. The van der Waals surface area contributed by atoms with Crippen LogP contribution in [0.2, 0.25) is 5.82 Å². The van der Waals surface area contributed by atoms with Crippen LogP contribution < -0.4 is 0 Å². The van der Waals surface area contributed by atoms with E-state index < -0.39 is 7.12 Å². The summed E-state index contributed by atoms with van der Waals surface area (Å²) in [6.07, 6.45) is 0.665. The van der Waals surface area contributed by atoms with Gasteiger partial charge in [-0.25, -0.2) is 4.39 Å². The van der Waals surface area contributed by atoms with E-state index in [1.807, 2.05) is 0 Å². The fourth-order valence-corrected chi connectivity index (χ4v) is 1.68. The highest BCUT2D eigenvalue weighted by atomic mass is 19.1. The molecular formula is C9H10BFO2. The summed E-state index contributed by atoms with van der Waals surface area (Å²) in [5.74, 6) is -0.450. The van der Waals surface area contributed by atoms with Gasteiger partial charge in [-0.1, -0.05) is 18.2 Å². The molecule has 2 rings (SSSR count). The number of hydrogen-bond donors (Lipinski definition) is 2. The van der Waals surface area contributed by atoms with Crippen LogP contribution in [0.25, 0.3) is 0 Å². The van der Waals surface area contributed by atoms with E-state index in [4.69, 9.17) is 10.0 Å². The van der Waals surface area contributed by atoms with Gasteiger partial charge in [0.1, 0.15) is 5.82 Å². The molecule has 1 aromatic rings. The average molecular weight is 180 g/mol. The lowest BCUT2D eigenvalue weighted by molar-refractivity contribution is 0.402. The first-order valence-corrected chi connectivity index (χ1v) is 4.30. The zero-order valence-electron chi connectivity index (χ0n) is 7.02. The molecule has 1 aromatic carbocycles. The first kappa shape index (κ1) is 8.72. The first-order valence-electron chi connectivity index (χ1n) is 4.30. The molecule has 0 amide bonds. The van der Waals surface area contributed by atoms with E-state index in [0.29, 0.717) is 12.0 Å². The van der Waals surface area contributed by atoms with Crippen LogP contribution >= 0.6 is 0 Å². The average Bonchev–Trinajstić information content (AvgIpc) is 2.84. The van der Waals surface area contributed by atoms with Crippen LogP contribution in [0.3, 0.4) is 0 Å². The molecule has 68 valence electrons. The fraction of sp³-hybridized carbons (Fsp3) is 0.333. The molecule has 0 radical (unpaired) electrons. The van der Waals surface area contributed by atoms with Gasteiger partial charge in [0.25, 0.3) is 0 Å². The highest BCUT2D eigenvalue weighted by Gasteiger charge is 2.47. The smallest absolute Gasteiger partial charge is 0.427 e. The van der Waals surface area contributed by atoms with E-state index in [0.717, 1.165) is 0 Å². The second kappa shape index (κ2) is 3.12. The van der Waals surface area contributed by atoms with Gasteiger partial charge in [-0.2, -0.15) is 0 Å². The Kier molecular flexibility index (Phi) is 2.10. The second-order valence-corrected chi connectivity index (χ2v) is 3.44. The Morgan fingerprint density at radius 3 is 2.54 bits per heavy atom. The Bertz CT molecular complexity index is 316. The monoisotopic (exact) mass is 180 g/mol. The maximum Gasteiger partial charge on any atom is 0.455 e. The van der Waals surface area contributed by atoms with Gasteiger partial charge in [-0.15, -0.1) is 0 Å². The predicted octanol–water partition coefficient (Wildman–Crippen LogP) is 1.16. The van der Waals surface area contributed by atoms with Gasteiger partial charge in [-0.3, -0.25) is 0 Å². The first-order chi connectivity index (χ1) is 6.20. The van der Waals surface area contributed by atoms with Gasteiger partial charge in [-0.05, 0) is 24.0 Å². The highest BCUT2D eigenvalue weighted by Crippen LogP contribution is 2.54. The molecule has 0 saturated heterocycles. The molecule has 1 saturated carbocycles. The lowest BCUT2D eigenvalue weighted by Crippen LogP contribution is -2.11. The van der Waals surface area contributed by atoms with Gasteiger partial charge >= 0.3 is 7.12 Å². The number of halogens is 1. The Labute approximate surface area is 76.2 Å². The molecule has 2 nitrogen and oxygen atoms in total. The van der Waals surface area contributed by atoms with Gasteiger partial charge in [0.2, 0.25) is 0 Å². The van der Waals surface area contributed by atoms with Crippen molar-refractivity contribution in [3.8, 4) is 0 Å². The number of rotatable bonds is 2. The van der Waals surface area contributed by atoms with Crippen molar-refractivity contribution < 1.29 is 14.4 Å². The molecule has 1 fully saturated rings. The Morgan fingerprint density at radius 2 is 2.00 bits per heavy atom. The van der Waals surface area contributed by atoms with Crippen LogP contribution in [-0.4, -0.2) is 17.2 Å². The molecular weight excluding hydrogens is 170 g/mol. The lowest BCUT2D eigenvalue weighted by atomic mass is 9.81. The van der Waals surface area contributed by atoms with Crippen molar-refractivity contribution in [3.05, 3.63) is 35.6 Å². The molecule has 2 atom stereocenters. The minimum Gasteiger partial charge on any atom is -0.427 e. The van der Waals surface area contributed by atoms with Gasteiger partial charge in [0.15, 0.2) is 0 Å². The van der Waals surface area contributed by atoms with Crippen LogP contribution in [0.5, 0.6) is 0 Å². The maximum absolute atomic E-state index is 13.2. The van der Waals surface area contributed by atoms with E-state index in [9.17, 15) is 4.39 Å². The van der Waals surface area contributed by atoms with Crippen LogP contribution in [0, 0.1) is 5.82 Å². The maximum atomic E-state index is 13.2. The topological polar surface area (TPSA) is 40.5 Å². The Morgan fingerprint density at radius 1 is 1.31 bits per heavy atom. The van der Waals surface area contributed by atoms with Gasteiger partial charge in [0.05, 0.1) is 0 Å². The van der Waals surface area contributed by atoms with Crippen LogP contribution in [0.4, 0.5) is 4.39 Å². The third-order valence-electron chi connectivity index (χ3n) is 2.53. The third-order valence-corrected chi connectivity index (χ3v) is 2.53. The molecule has 2 N–H and O–H groups in total. The summed E-state index contributed by atoms with van der Waals surface area (Å²) in [4.78, 5) is 0. The van der Waals surface area contributed by atoms with E-state index in [1.165, 1.54) is 6.07 Å². The largest absolute Gasteiger partial charge is 0.455 e. The van der Waals surface area contributed by atoms with Crippen molar-refractivity contribution in [2.24, 2.45) is 0 Å². The lowest BCUT2D eigenvalue weighted by Gasteiger charge is -2.00. The highest BCUT2D eigenvalue weighted by molar-refractivity contribution is 6.44. The molecule has 0 bridgehead atoms. The van der Waals surface area contributed by atoms with E-state index in [1.54, 1.807) is 18.2 Å². The second-order valence-electron chi connectivity index (χ2n) is 3.44. The van der Waals surface area contributed by atoms with E-state index >= 15 is 0 Å². The molecule has 0 heterocycles. The van der Waals surface area contributed by atoms with Crippen molar-refractivity contribution in [2.45, 2.75) is 18.2 Å². The van der Waals surface area contributed by atoms with Crippen molar-refractivity contribution >= 4 is 7.12 Å². The van der Waals surface area contributed by atoms with E-state index in [2.05, 4.69) is 0 Å². The number of benzene rings is 1. The molecule has 0 spiro atoms. The molecule has 0 unspecified atom stereocenters. The summed E-state index contributed by atoms with van der Waals surface area (Å²) >= 11 is 0. The summed E-state index contributed by atoms with van der Waals surface area (Å²) in [6, 6.07) is 6.49. The SMILES string of the molecule is OB(O)[C@@H]1C[C@H]1c1ccccc1F. The van der Waals surface area contributed by atoms with E-state index in [-0.39, 0.29) is 17.6 Å². The molecule has 4 heteroatoms. The third kappa shape index (κ3) is 1.60. The fourth-order valence-electron chi connectivity index (χ4n) is 1.68. The van der Waals surface area contributed by atoms with Crippen molar-refractivity contribution in [1.29, 1.82) is 0 Å². The van der Waals surface area contributed by atoms with Crippen LogP contribution in [0.1, 0.15) is 17.9 Å². The summed E-state index contributed by atoms with van der Waals surface area (Å²) < 4.78 is 13.2. The summed E-state index contributed by atoms with van der Waals surface area (Å²) in [7, 11) is -1.32. The normalized spacial score (nSPS) is 25.8. The standard InChI is InChI=1S/C9H10BFO2/c11-9-4-2-1-3-6(9)7-5-8(7)10(12)13/h1-4,7-8,12-13H,5H2/t7-,8+/m0/s1. The minimum absolute atomic E-state index is 0.0128. The summed E-state index contributed by atoms with van der Waals surface area (Å²) in [5, 5.41) is 17.7. The van der Waals surface area contributed by atoms with Crippen molar-refractivity contribution in [1.82, 2.24) is 0 Å². The zero-order valence-corrected chi connectivity index (χ0v) is 7.02. The molecule has 0 aromatic heterocycles. The van der Waals surface area contributed by atoms with Gasteiger partial charge in [0, 0.05) is 5.82 Å². The molecule has 1 aliphatic carbocycles. The predicted molar refractivity (Wildman–Crippen MR) is 47.7 cm³/mol. The van der Waals surface area contributed by atoms with Crippen molar-refractivity contribution in [3.63, 3.8) is 0 Å². The quantitative estimate of drug-likeness (QED) is 0.670. The van der Waals surface area contributed by atoms with Crippen molar-refractivity contribution in [2.75, 3.05) is 0 Å². The Balaban J connectivity index is 2.16. The molecule has 1 aliphatic rings. The number of hydrogen-bond acceptors (Lipinski definition) is 2. The summed E-state index contributed by atoms with van der Waals surface area (Å²) in [6.45, 7) is 0. The summed E-state index contributed by atoms with van der Waals surface area (Å²) in [5.41, 5.74) is 0.598. The minimum atomic E-state index is -1.32. The van der Waals surface area contributed by atoms with Crippen LogP contribution in [0.15, 0.2) is 24.3 Å². The Hall–Kier alpha value is -0.865.